The number of hydrogen-bond donors (Lipinski definition) is 1. The van der Waals surface area contributed by atoms with Gasteiger partial charge in [0.15, 0.2) is 23.3 Å². The average Bonchev–Trinajstić information content (AvgIpc) is 2.89. The number of nitrogens with zero attached hydrogens (tertiary/aromatic N) is 2. The van der Waals surface area contributed by atoms with Crippen LogP contribution in [0.2, 0.25) is 0 Å². The number of hydrazone groups is 1. The highest BCUT2D eigenvalue weighted by Gasteiger charge is 2.37. The van der Waals surface area contributed by atoms with Crippen LogP contribution in [0.4, 0.5) is 27.6 Å². The van der Waals surface area contributed by atoms with E-state index < -0.39 is 40.7 Å². The van der Waals surface area contributed by atoms with Crippen molar-refractivity contribution in [2.75, 3.05) is 5.01 Å². The topological polar surface area (TPSA) is 52.9 Å². The Bertz CT molecular complexity index is 1020. The Morgan fingerprint density at radius 2 is 1.59 bits per heavy atom. The molecule has 0 saturated heterocycles. The van der Waals surface area contributed by atoms with E-state index in [4.69, 9.17) is 0 Å². The van der Waals surface area contributed by atoms with Gasteiger partial charge in [-0.05, 0) is 31.2 Å². The van der Waals surface area contributed by atoms with Crippen LogP contribution in [0.1, 0.15) is 12.5 Å². The standard InChI is InChI=1S/C17H8BrF5N2O2/c1-6-9(5-7-4-8(18)2-3-10(7)26)17(27)25(24-6)16-14(22)12(20)11(19)13(21)15(16)23/h2-5,26H,1H3/b9-5-. The normalized spacial score (nSPS) is 15.7. The summed E-state index contributed by atoms with van der Waals surface area (Å²) in [6.45, 7) is 1.31. The molecule has 1 aliphatic heterocycles. The number of aromatic hydroxyl groups is 1. The van der Waals surface area contributed by atoms with Gasteiger partial charge < -0.3 is 5.11 Å². The van der Waals surface area contributed by atoms with Crippen LogP contribution >= 0.6 is 15.9 Å². The van der Waals surface area contributed by atoms with Crippen molar-refractivity contribution < 1.29 is 31.9 Å². The van der Waals surface area contributed by atoms with Gasteiger partial charge in [0.05, 0.1) is 11.3 Å². The second kappa shape index (κ2) is 6.76. The molecule has 4 nitrogen and oxygen atoms in total. The van der Waals surface area contributed by atoms with Crippen LogP contribution in [-0.4, -0.2) is 16.7 Å². The van der Waals surface area contributed by atoms with E-state index in [-0.39, 0.29) is 27.6 Å². The average molecular weight is 447 g/mol. The lowest BCUT2D eigenvalue weighted by Gasteiger charge is -2.15. The third kappa shape index (κ3) is 3.09. The highest BCUT2D eigenvalue weighted by molar-refractivity contribution is 9.10. The van der Waals surface area contributed by atoms with Gasteiger partial charge in [-0.25, -0.2) is 22.0 Å². The third-order valence-corrected chi connectivity index (χ3v) is 4.24. The zero-order valence-corrected chi connectivity index (χ0v) is 14.9. The molecule has 0 unspecified atom stereocenters. The number of phenols is 1. The summed E-state index contributed by atoms with van der Waals surface area (Å²) in [4.78, 5) is 12.5. The smallest absolute Gasteiger partial charge is 0.280 e. The molecule has 3 rings (SSSR count). The van der Waals surface area contributed by atoms with Crippen molar-refractivity contribution in [3.8, 4) is 5.75 Å². The molecule has 10 heteroatoms. The maximum atomic E-state index is 14.0. The van der Waals surface area contributed by atoms with E-state index in [1.807, 2.05) is 0 Å². The van der Waals surface area contributed by atoms with Gasteiger partial charge in [-0.3, -0.25) is 4.79 Å². The molecule has 0 atom stereocenters. The largest absolute Gasteiger partial charge is 0.507 e. The van der Waals surface area contributed by atoms with E-state index in [1.54, 1.807) is 0 Å². The van der Waals surface area contributed by atoms with E-state index >= 15 is 0 Å². The predicted molar refractivity (Wildman–Crippen MR) is 90.6 cm³/mol. The summed E-state index contributed by atoms with van der Waals surface area (Å²) in [5, 5.41) is 13.6. The van der Waals surface area contributed by atoms with Gasteiger partial charge >= 0.3 is 0 Å². The van der Waals surface area contributed by atoms with Crippen LogP contribution in [-0.2, 0) is 4.79 Å². The fourth-order valence-corrected chi connectivity index (χ4v) is 2.79. The Morgan fingerprint density at radius 3 is 2.19 bits per heavy atom. The number of benzene rings is 2. The molecular weight excluding hydrogens is 439 g/mol. The lowest BCUT2D eigenvalue weighted by molar-refractivity contribution is -0.114. The molecule has 1 amide bonds. The number of hydrogen-bond acceptors (Lipinski definition) is 3. The van der Waals surface area contributed by atoms with Crippen molar-refractivity contribution in [2.24, 2.45) is 5.10 Å². The zero-order chi connectivity index (χ0) is 20.0. The Kier molecular flexibility index (Phi) is 4.77. The second-order valence-corrected chi connectivity index (χ2v) is 6.40. The molecule has 0 bridgehead atoms. The lowest BCUT2D eigenvalue weighted by Crippen LogP contribution is -2.25. The van der Waals surface area contributed by atoms with E-state index in [0.717, 1.165) is 0 Å². The van der Waals surface area contributed by atoms with Crippen molar-refractivity contribution in [1.82, 2.24) is 0 Å². The monoisotopic (exact) mass is 446 g/mol. The first-order chi connectivity index (χ1) is 12.6. The van der Waals surface area contributed by atoms with Gasteiger partial charge in [-0.15, -0.1) is 0 Å². The Hall–Kier alpha value is -2.75. The molecular formula is C17H8BrF5N2O2. The molecule has 0 fully saturated rings. The maximum absolute atomic E-state index is 14.0. The van der Waals surface area contributed by atoms with Crippen LogP contribution in [0.3, 0.4) is 0 Å². The summed E-state index contributed by atoms with van der Waals surface area (Å²) >= 11 is 3.18. The fourth-order valence-electron chi connectivity index (χ4n) is 2.41. The fraction of sp³-hybridized carbons (Fsp3) is 0.0588. The van der Waals surface area contributed by atoms with Crippen molar-refractivity contribution >= 4 is 39.3 Å². The van der Waals surface area contributed by atoms with Crippen molar-refractivity contribution in [1.29, 1.82) is 0 Å². The maximum Gasteiger partial charge on any atom is 0.280 e. The summed E-state index contributed by atoms with van der Waals surface area (Å²) in [6, 6.07) is 4.34. The third-order valence-electron chi connectivity index (χ3n) is 3.75. The highest BCUT2D eigenvalue weighted by atomic mass is 79.9. The molecule has 1 aliphatic rings. The Labute approximate surface area is 157 Å². The van der Waals surface area contributed by atoms with E-state index in [2.05, 4.69) is 21.0 Å². The number of anilines is 1. The molecule has 1 heterocycles. The summed E-state index contributed by atoms with van der Waals surface area (Å²) in [6.07, 6.45) is 1.19. The molecule has 0 saturated carbocycles. The van der Waals surface area contributed by atoms with Gasteiger partial charge in [-0.2, -0.15) is 10.1 Å². The van der Waals surface area contributed by atoms with Gasteiger partial charge in [0, 0.05) is 10.0 Å². The number of amides is 1. The first kappa shape index (κ1) is 19.0. The van der Waals surface area contributed by atoms with E-state index in [9.17, 15) is 31.9 Å². The minimum atomic E-state index is -2.34. The van der Waals surface area contributed by atoms with E-state index in [1.165, 1.54) is 31.2 Å². The molecule has 27 heavy (non-hydrogen) atoms. The number of carbonyl (C=O) groups is 1. The molecule has 0 aromatic heterocycles. The SMILES string of the molecule is CC1=NN(c2c(F)c(F)c(F)c(F)c2F)C(=O)/C1=C\c1cc(Br)ccc1O. The minimum Gasteiger partial charge on any atom is -0.507 e. The zero-order valence-electron chi connectivity index (χ0n) is 13.3. The van der Waals surface area contributed by atoms with Crippen molar-refractivity contribution in [2.45, 2.75) is 6.92 Å². The number of carbonyl (C=O) groups excluding carboxylic acids is 1. The summed E-state index contributed by atoms with van der Waals surface area (Å²) in [5.41, 5.74) is -1.52. The predicted octanol–water partition coefficient (Wildman–Crippen LogP) is 4.66. The Balaban J connectivity index is 2.12. The van der Waals surface area contributed by atoms with Gasteiger partial charge in [0.25, 0.3) is 5.91 Å². The summed E-state index contributed by atoms with van der Waals surface area (Å²) in [7, 11) is 0. The number of phenolic OH excluding ortho intramolecular Hbond substituents is 1. The quantitative estimate of drug-likeness (QED) is 0.315. The molecule has 2 aromatic rings. The molecule has 0 aliphatic carbocycles. The molecule has 1 N–H and O–H groups in total. The lowest BCUT2D eigenvalue weighted by atomic mass is 10.1. The van der Waals surface area contributed by atoms with Crippen LogP contribution in [0.25, 0.3) is 6.08 Å². The first-order valence-electron chi connectivity index (χ1n) is 7.25. The molecule has 0 radical (unpaired) electrons. The van der Waals surface area contributed by atoms with Crippen LogP contribution in [0.5, 0.6) is 5.75 Å². The number of rotatable bonds is 2. The minimum absolute atomic E-state index is 0.0386. The van der Waals surface area contributed by atoms with Crippen LogP contribution in [0, 0.1) is 29.1 Å². The van der Waals surface area contributed by atoms with Crippen LogP contribution < -0.4 is 5.01 Å². The van der Waals surface area contributed by atoms with Crippen LogP contribution in [0.15, 0.2) is 33.3 Å². The molecule has 0 spiro atoms. The van der Waals surface area contributed by atoms with Gasteiger partial charge in [-0.1, -0.05) is 15.9 Å². The second-order valence-electron chi connectivity index (χ2n) is 5.48. The van der Waals surface area contributed by atoms with Crippen molar-refractivity contribution in [3.63, 3.8) is 0 Å². The first-order valence-corrected chi connectivity index (χ1v) is 8.04. The van der Waals surface area contributed by atoms with E-state index in [0.29, 0.717) is 4.47 Å². The molecule has 2 aromatic carbocycles. The van der Waals surface area contributed by atoms with Gasteiger partial charge in [0.1, 0.15) is 11.4 Å². The highest BCUT2D eigenvalue weighted by Crippen LogP contribution is 2.34. The molecule has 140 valence electrons. The Morgan fingerprint density at radius 1 is 1.04 bits per heavy atom. The number of halogens is 6. The summed E-state index contributed by atoms with van der Waals surface area (Å²) < 4.78 is 68.6. The summed E-state index contributed by atoms with van der Waals surface area (Å²) in [5.74, 6) is -12.4. The van der Waals surface area contributed by atoms with Gasteiger partial charge in [0.2, 0.25) is 5.82 Å². The van der Waals surface area contributed by atoms with Crippen molar-refractivity contribution in [3.05, 3.63) is 62.9 Å².